The van der Waals surface area contributed by atoms with Crippen LogP contribution in [0.25, 0.3) is 28.2 Å². The lowest BCUT2D eigenvalue weighted by atomic mass is 10.1. The molecule has 0 aliphatic carbocycles. The molecule has 9 nitrogen and oxygen atoms in total. The van der Waals surface area contributed by atoms with Gasteiger partial charge in [-0.25, -0.2) is 0 Å². The molecule has 2 heterocycles. The third-order valence-corrected chi connectivity index (χ3v) is 8.61. The van der Waals surface area contributed by atoms with Gasteiger partial charge in [-0.2, -0.15) is 14.8 Å². The molecule has 0 bridgehead atoms. The van der Waals surface area contributed by atoms with Gasteiger partial charge in [0.05, 0.1) is 31.1 Å². The molecule has 0 radical (unpaired) electrons. The number of hydrogen-bond donors (Lipinski definition) is 1. The summed E-state index contributed by atoms with van der Waals surface area (Å²) >= 11 is 6.10. The number of carbonyl (C=O) groups excluding carboxylic acids is 1. The molecule has 0 saturated carbocycles. The number of benzene rings is 3. The topological polar surface area (TPSA) is 108 Å². The van der Waals surface area contributed by atoms with Crippen LogP contribution in [0.3, 0.4) is 0 Å². The largest absolute Gasteiger partial charge is 0.426 e. The van der Waals surface area contributed by atoms with E-state index < -0.39 is 7.60 Å². The first kappa shape index (κ1) is 28.8. The molecule has 0 saturated heterocycles. The number of carbonyl (C=O) groups is 1. The van der Waals surface area contributed by atoms with E-state index in [1.54, 1.807) is 61.1 Å². The number of para-hydroxylation sites is 1. The summed E-state index contributed by atoms with van der Waals surface area (Å²) < 4.78 is 31.4. The normalized spacial score (nSPS) is 11.7. The van der Waals surface area contributed by atoms with Crippen LogP contribution in [0, 0.1) is 0 Å². The van der Waals surface area contributed by atoms with Crippen molar-refractivity contribution in [2.75, 3.05) is 18.5 Å². The van der Waals surface area contributed by atoms with Crippen molar-refractivity contribution < 1.29 is 22.8 Å². The third-order valence-electron chi connectivity index (χ3n) is 6.31. The molecule has 1 N–H and O–H groups in total. The fourth-order valence-electron chi connectivity index (χ4n) is 4.45. The van der Waals surface area contributed by atoms with Crippen LogP contribution in [-0.4, -0.2) is 33.9 Å². The van der Waals surface area contributed by atoms with Gasteiger partial charge in [-0.05, 0) is 49.7 Å². The Labute approximate surface area is 243 Å². The summed E-state index contributed by atoms with van der Waals surface area (Å²) in [5.41, 5.74) is 3.73. The van der Waals surface area contributed by atoms with Crippen LogP contribution in [0.1, 0.15) is 31.6 Å². The summed E-state index contributed by atoms with van der Waals surface area (Å²) in [4.78, 5) is 17.6. The lowest BCUT2D eigenvalue weighted by Gasteiger charge is -2.17. The molecular weight excluding hydrogens is 563 g/mol. The second kappa shape index (κ2) is 12.8. The highest BCUT2D eigenvalue weighted by Crippen LogP contribution is 2.51. The van der Waals surface area contributed by atoms with Crippen molar-refractivity contribution in [1.82, 2.24) is 14.8 Å². The Morgan fingerprint density at radius 2 is 1.71 bits per heavy atom. The Morgan fingerprint density at radius 3 is 2.41 bits per heavy atom. The van der Waals surface area contributed by atoms with Gasteiger partial charge >= 0.3 is 13.6 Å². The van der Waals surface area contributed by atoms with Gasteiger partial charge in [0.2, 0.25) is 5.91 Å². The molecule has 41 heavy (non-hydrogen) atoms. The highest BCUT2D eigenvalue weighted by atomic mass is 35.5. The summed E-state index contributed by atoms with van der Waals surface area (Å²) in [5, 5.41) is 8.94. The maximum atomic E-state index is 12.9. The Balaban J connectivity index is 1.30. The fourth-order valence-corrected chi connectivity index (χ4v) is 6.27. The molecule has 0 atom stereocenters. The van der Waals surface area contributed by atoms with Crippen molar-refractivity contribution in [3.63, 3.8) is 0 Å². The molecule has 3 aromatic carbocycles. The predicted octanol–water partition coefficient (Wildman–Crippen LogP) is 7.67. The summed E-state index contributed by atoms with van der Waals surface area (Å²) in [6, 6.07) is 22.6. The van der Waals surface area contributed by atoms with Gasteiger partial charge in [0.1, 0.15) is 11.5 Å². The Hall–Kier alpha value is -3.75. The van der Waals surface area contributed by atoms with Gasteiger partial charge in [-0.15, -0.1) is 0 Å². The summed E-state index contributed by atoms with van der Waals surface area (Å²) in [6.45, 7) is 4.16. The van der Waals surface area contributed by atoms with E-state index in [4.69, 9.17) is 30.0 Å². The van der Waals surface area contributed by atoms with Gasteiger partial charge in [-0.3, -0.25) is 9.36 Å². The zero-order chi connectivity index (χ0) is 28.8. The molecule has 0 aliphatic rings. The van der Waals surface area contributed by atoms with Crippen LogP contribution in [0.5, 0.6) is 0 Å². The molecule has 2 aromatic heterocycles. The molecule has 212 valence electrons. The lowest BCUT2D eigenvalue weighted by Crippen LogP contribution is -2.12. The van der Waals surface area contributed by atoms with E-state index in [-0.39, 0.29) is 18.5 Å². The summed E-state index contributed by atoms with van der Waals surface area (Å²) in [6.07, 6.45) is 2.41. The van der Waals surface area contributed by atoms with Crippen molar-refractivity contribution in [2.24, 2.45) is 0 Å². The molecular formula is C30H30ClN4O5P. The smallest absolute Gasteiger partial charge is 0.335 e. The van der Waals surface area contributed by atoms with Crippen molar-refractivity contribution in [3.05, 3.63) is 95.3 Å². The minimum absolute atomic E-state index is 0.162. The number of halogens is 1. The minimum Gasteiger partial charge on any atom is -0.426 e. The second-order valence-electron chi connectivity index (χ2n) is 9.24. The van der Waals surface area contributed by atoms with Crippen LogP contribution in [0.4, 0.5) is 5.69 Å². The average molecular weight is 593 g/mol. The van der Waals surface area contributed by atoms with E-state index in [2.05, 4.69) is 10.4 Å². The van der Waals surface area contributed by atoms with Gasteiger partial charge < -0.3 is 18.8 Å². The van der Waals surface area contributed by atoms with Crippen LogP contribution < -0.4 is 5.32 Å². The Bertz CT molecular complexity index is 1670. The predicted molar refractivity (Wildman–Crippen MR) is 160 cm³/mol. The number of aromatic nitrogens is 3. The second-order valence-corrected chi connectivity index (χ2v) is 11.7. The van der Waals surface area contributed by atoms with E-state index in [9.17, 15) is 9.36 Å². The third kappa shape index (κ3) is 6.94. The molecule has 0 spiro atoms. The quantitative estimate of drug-likeness (QED) is 0.148. The first-order valence-electron chi connectivity index (χ1n) is 13.3. The molecule has 5 aromatic rings. The Kier molecular flexibility index (Phi) is 9.00. The summed E-state index contributed by atoms with van der Waals surface area (Å²) in [5.74, 6) is 0.381. The van der Waals surface area contributed by atoms with Gasteiger partial charge in [0, 0.05) is 34.5 Å². The highest BCUT2D eigenvalue weighted by Gasteiger charge is 2.24. The van der Waals surface area contributed by atoms with E-state index in [0.29, 0.717) is 47.8 Å². The van der Waals surface area contributed by atoms with Crippen LogP contribution in [-0.2, 0) is 31.0 Å². The number of nitrogens with zero attached hydrogens (tertiary/aromatic N) is 3. The lowest BCUT2D eigenvalue weighted by molar-refractivity contribution is -0.116. The van der Waals surface area contributed by atoms with Crippen molar-refractivity contribution in [2.45, 2.75) is 32.9 Å². The molecule has 0 unspecified atom stereocenters. The van der Waals surface area contributed by atoms with E-state index in [0.717, 1.165) is 22.0 Å². The maximum Gasteiger partial charge on any atom is 0.335 e. The molecule has 0 aliphatic heterocycles. The number of rotatable bonds is 12. The average Bonchev–Trinajstić information content (AvgIpc) is 3.58. The number of aryl methyl sites for hydroxylation is 1. The minimum atomic E-state index is -3.21. The fraction of sp³-hybridized carbons (Fsp3) is 0.233. The zero-order valence-corrected chi connectivity index (χ0v) is 24.4. The standard InChI is InChI=1S/C30H30ClN4O5P/c1-3-38-41(37,39-4-2)20-21-9-15-25(16-10-21)33-28(36)18-17-27-29(22-11-13-24(31)14-12-22)34-30(40-27)35-26-8-6-5-7-23(26)19-32-35/h5-16,19H,3-4,17-18,20H2,1-2H3,(H,33,36). The van der Waals surface area contributed by atoms with Crippen LogP contribution in [0.2, 0.25) is 5.02 Å². The number of nitrogens with one attached hydrogen (secondary N) is 1. The molecule has 0 fully saturated rings. The van der Waals surface area contributed by atoms with Crippen LogP contribution in [0.15, 0.2) is 83.4 Å². The van der Waals surface area contributed by atoms with Crippen molar-refractivity contribution in [3.8, 4) is 17.3 Å². The van der Waals surface area contributed by atoms with Gasteiger partial charge in [0.25, 0.3) is 0 Å². The van der Waals surface area contributed by atoms with E-state index in [1.165, 1.54) is 0 Å². The number of hydrogen-bond acceptors (Lipinski definition) is 7. The first-order valence-corrected chi connectivity index (χ1v) is 15.4. The molecule has 5 rings (SSSR count). The molecule has 1 amide bonds. The number of anilines is 1. The van der Waals surface area contributed by atoms with Gasteiger partial charge in [-0.1, -0.05) is 54.1 Å². The molecule has 11 heteroatoms. The monoisotopic (exact) mass is 592 g/mol. The number of oxazole rings is 1. The number of fused-ring (bicyclic) bond motifs is 1. The first-order chi connectivity index (χ1) is 19.9. The summed E-state index contributed by atoms with van der Waals surface area (Å²) in [7, 11) is -3.21. The van der Waals surface area contributed by atoms with E-state index in [1.807, 2.05) is 36.4 Å². The highest BCUT2D eigenvalue weighted by molar-refractivity contribution is 7.53. The Morgan fingerprint density at radius 1 is 1.00 bits per heavy atom. The zero-order valence-electron chi connectivity index (χ0n) is 22.7. The maximum absolute atomic E-state index is 12.9. The van der Waals surface area contributed by atoms with Crippen molar-refractivity contribution >= 4 is 41.7 Å². The van der Waals surface area contributed by atoms with Crippen LogP contribution >= 0.6 is 19.2 Å². The van der Waals surface area contributed by atoms with E-state index >= 15 is 0 Å². The van der Waals surface area contributed by atoms with Crippen molar-refractivity contribution in [1.29, 1.82) is 0 Å². The van der Waals surface area contributed by atoms with Gasteiger partial charge in [0.15, 0.2) is 0 Å². The number of amides is 1. The SMILES string of the molecule is CCOP(=O)(Cc1ccc(NC(=O)CCc2oc(-n3ncc4ccccc43)nc2-c2ccc(Cl)cc2)cc1)OCC.